The maximum Gasteiger partial charge on any atom is 0.220 e. The van der Waals surface area contributed by atoms with Crippen LogP contribution in [-0.4, -0.2) is 67.9 Å². The Bertz CT molecular complexity index is 374. The molecule has 0 aliphatic heterocycles. The Balaban J connectivity index is 0. The predicted octanol–water partition coefficient (Wildman–Crippen LogP) is 2.21. The average molecular weight is 410 g/mol. The molecule has 1 amide bonds. The van der Waals surface area contributed by atoms with Gasteiger partial charge in [-0.15, -0.1) is 0 Å². The molecule has 0 aliphatic carbocycles. The Morgan fingerprint density at radius 3 is 2.33 bits per heavy atom. The van der Waals surface area contributed by atoms with E-state index in [4.69, 9.17) is 14.2 Å². The minimum absolute atomic E-state index is 0.000833. The third-order valence-electron chi connectivity index (χ3n) is 3.20. The van der Waals surface area contributed by atoms with E-state index in [2.05, 4.69) is 17.9 Å². The molecule has 2 N–H and O–H groups in total. The van der Waals surface area contributed by atoms with Crippen LogP contribution in [0.1, 0.15) is 53.9 Å². The third-order valence-corrected chi connectivity index (χ3v) is 3.42. The van der Waals surface area contributed by atoms with Crippen molar-refractivity contribution in [2.45, 2.75) is 71.9 Å². The molecule has 27 heavy (non-hydrogen) atoms. The monoisotopic (exact) mass is 409 g/mol. The maximum absolute atomic E-state index is 10.8. The standard InChI is InChI=1S/C12H26O4.C7H13NO2S/c1-9(2)10(7-13)15-11(8-14-6)16-12(3,4)5;9-5-2-1-3-7(10)8-4-6-11/h9-11,13H,7-8H2,1-6H3;5,11H,1-4,6H2,(H,8,10). The molecule has 7 nitrogen and oxygen atoms in total. The molecule has 0 aromatic heterocycles. The SMILES string of the molecule is COCC(OC(CO)C(C)C)OC(C)(C)C.O=CCCCC(=O)NCCS. The van der Waals surface area contributed by atoms with Gasteiger partial charge in [-0.05, 0) is 33.1 Å². The Morgan fingerprint density at radius 2 is 1.93 bits per heavy atom. The molecular formula is C19H39NO6S. The van der Waals surface area contributed by atoms with Gasteiger partial charge in [0.05, 0.1) is 24.9 Å². The van der Waals surface area contributed by atoms with Gasteiger partial charge in [-0.25, -0.2) is 0 Å². The van der Waals surface area contributed by atoms with Gasteiger partial charge in [-0.1, -0.05) is 13.8 Å². The second kappa shape index (κ2) is 17.4. The summed E-state index contributed by atoms with van der Waals surface area (Å²) in [6.45, 7) is 10.8. The number of carbonyl (C=O) groups is 2. The van der Waals surface area contributed by atoms with Crippen LogP contribution in [0.25, 0.3) is 0 Å². The van der Waals surface area contributed by atoms with Gasteiger partial charge in [-0.3, -0.25) is 4.79 Å². The molecule has 162 valence electrons. The summed E-state index contributed by atoms with van der Waals surface area (Å²) >= 11 is 3.93. The second-order valence-corrected chi connectivity index (χ2v) is 7.80. The van der Waals surface area contributed by atoms with Crippen molar-refractivity contribution in [2.75, 3.05) is 32.6 Å². The van der Waals surface area contributed by atoms with Gasteiger partial charge in [0.1, 0.15) is 6.29 Å². The zero-order chi connectivity index (χ0) is 21.3. The number of unbranched alkanes of at least 4 members (excludes halogenated alkanes) is 1. The summed E-state index contributed by atoms with van der Waals surface area (Å²) < 4.78 is 16.4. The van der Waals surface area contributed by atoms with E-state index in [1.165, 1.54) is 0 Å². The topological polar surface area (TPSA) is 94.1 Å². The fourth-order valence-electron chi connectivity index (χ4n) is 1.87. The normalized spacial score (nSPS) is 13.5. The molecule has 0 bridgehead atoms. The van der Waals surface area contributed by atoms with Gasteiger partial charge < -0.3 is 29.4 Å². The van der Waals surface area contributed by atoms with Crippen molar-refractivity contribution < 1.29 is 28.9 Å². The first kappa shape index (κ1) is 28.5. The first-order chi connectivity index (χ1) is 12.6. The van der Waals surface area contributed by atoms with Gasteiger partial charge >= 0.3 is 0 Å². The molecule has 0 aromatic carbocycles. The fraction of sp³-hybridized carbons (Fsp3) is 0.895. The van der Waals surface area contributed by atoms with Gasteiger partial charge in [0.2, 0.25) is 5.91 Å². The van der Waals surface area contributed by atoms with Crippen LogP contribution in [0, 0.1) is 5.92 Å². The molecule has 0 fully saturated rings. The summed E-state index contributed by atoms with van der Waals surface area (Å²) in [7, 11) is 1.60. The molecule has 2 atom stereocenters. The molecule has 0 spiro atoms. The largest absolute Gasteiger partial charge is 0.394 e. The van der Waals surface area contributed by atoms with Gasteiger partial charge in [0, 0.05) is 32.2 Å². The van der Waals surface area contributed by atoms with E-state index in [9.17, 15) is 14.7 Å². The van der Waals surface area contributed by atoms with Crippen LogP contribution >= 0.6 is 12.6 Å². The molecule has 0 saturated carbocycles. The zero-order valence-corrected chi connectivity index (χ0v) is 18.6. The first-order valence-corrected chi connectivity index (χ1v) is 9.98. The average Bonchev–Trinajstić information content (AvgIpc) is 2.57. The molecule has 0 aliphatic rings. The van der Waals surface area contributed by atoms with Crippen molar-refractivity contribution >= 4 is 24.8 Å². The highest BCUT2D eigenvalue weighted by Gasteiger charge is 2.24. The van der Waals surface area contributed by atoms with E-state index in [0.717, 1.165) is 6.29 Å². The zero-order valence-electron chi connectivity index (χ0n) is 17.7. The third kappa shape index (κ3) is 19.9. The number of methoxy groups -OCH3 is 1. The predicted molar refractivity (Wildman–Crippen MR) is 110 cm³/mol. The Hall–Kier alpha value is -0.670. The molecule has 2 unspecified atom stereocenters. The highest BCUT2D eigenvalue weighted by atomic mass is 32.1. The highest BCUT2D eigenvalue weighted by Crippen LogP contribution is 2.16. The number of aliphatic hydroxyl groups excluding tert-OH is 1. The molecule has 0 saturated heterocycles. The minimum atomic E-state index is -0.440. The smallest absolute Gasteiger partial charge is 0.220 e. The quantitative estimate of drug-likeness (QED) is 0.187. The first-order valence-electron chi connectivity index (χ1n) is 9.35. The van der Waals surface area contributed by atoms with Crippen LogP contribution in [0.3, 0.4) is 0 Å². The number of amides is 1. The summed E-state index contributed by atoms with van der Waals surface area (Å²) in [5.41, 5.74) is -0.291. The van der Waals surface area contributed by atoms with Crippen molar-refractivity contribution in [2.24, 2.45) is 5.92 Å². The Morgan fingerprint density at radius 1 is 1.30 bits per heavy atom. The minimum Gasteiger partial charge on any atom is -0.394 e. The summed E-state index contributed by atoms with van der Waals surface area (Å²) in [5.74, 6) is 0.896. The Labute approximate surface area is 169 Å². The lowest BCUT2D eigenvalue weighted by atomic mass is 10.1. The highest BCUT2D eigenvalue weighted by molar-refractivity contribution is 7.80. The van der Waals surface area contributed by atoms with Crippen molar-refractivity contribution in [3.05, 3.63) is 0 Å². The molecule has 8 heteroatoms. The van der Waals surface area contributed by atoms with Gasteiger partial charge in [0.25, 0.3) is 0 Å². The molecule has 0 rings (SSSR count). The van der Waals surface area contributed by atoms with E-state index in [0.29, 0.717) is 38.2 Å². The van der Waals surface area contributed by atoms with E-state index in [1.807, 2.05) is 34.6 Å². The maximum atomic E-state index is 10.8. The molecule has 0 heterocycles. The van der Waals surface area contributed by atoms with Crippen molar-refractivity contribution in [1.82, 2.24) is 5.32 Å². The number of thiol groups is 1. The summed E-state index contributed by atoms with van der Waals surface area (Å²) in [6.07, 6.45) is 1.71. The number of carbonyl (C=O) groups excluding carboxylic acids is 2. The fourth-order valence-corrected chi connectivity index (χ4v) is 1.98. The van der Waals surface area contributed by atoms with E-state index < -0.39 is 6.29 Å². The number of nitrogens with one attached hydrogen (secondary N) is 1. The van der Waals surface area contributed by atoms with Crippen LogP contribution in [0.5, 0.6) is 0 Å². The molecular weight excluding hydrogens is 370 g/mol. The van der Waals surface area contributed by atoms with Crippen LogP contribution in [0.15, 0.2) is 0 Å². The lowest BCUT2D eigenvalue weighted by molar-refractivity contribution is -0.242. The molecule has 0 radical (unpaired) electrons. The van der Waals surface area contributed by atoms with Crippen molar-refractivity contribution in [1.29, 1.82) is 0 Å². The number of hydrogen-bond donors (Lipinski definition) is 3. The summed E-state index contributed by atoms with van der Waals surface area (Å²) in [6, 6.07) is 0. The lowest BCUT2D eigenvalue weighted by Gasteiger charge is -2.31. The van der Waals surface area contributed by atoms with Crippen LogP contribution in [-0.2, 0) is 23.8 Å². The van der Waals surface area contributed by atoms with E-state index in [-0.39, 0.29) is 30.1 Å². The van der Waals surface area contributed by atoms with Gasteiger partial charge in [-0.2, -0.15) is 12.6 Å². The second-order valence-electron chi connectivity index (χ2n) is 7.35. The van der Waals surface area contributed by atoms with E-state index >= 15 is 0 Å². The lowest BCUT2D eigenvalue weighted by Crippen LogP contribution is -2.38. The van der Waals surface area contributed by atoms with Crippen LogP contribution in [0.4, 0.5) is 0 Å². The number of ether oxygens (including phenoxy) is 3. The van der Waals surface area contributed by atoms with Crippen molar-refractivity contribution in [3.63, 3.8) is 0 Å². The molecule has 0 aromatic rings. The number of aliphatic hydroxyl groups is 1. The number of rotatable bonds is 13. The van der Waals surface area contributed by atoms with Crippen LogP contribution < -0.4 is 5.32 Å². The Kier molecular flexibility index (Phi) is 18.4. The van der Waals surface area contributed by atoms with E-state index in [1.54, 1.807) is 7.11 Å². The summed E-state index contributed by atoms with van der Waals surface area (Å²) in [5, 5.41) is 11.9. The number of hydrogen-bond acceptors (Lipinski definition) is 7. The van der Waals surface area contributed by atoms with Crippen LogP contribution in [0.2, 0.25) is 0 Å². The van der Waals surface area contributed by atoms with Gasteiger partial charge in [0.15, 0.2) is 6.29 Å². The summed E-state index contributed by atoms with van der Waals surface area (Å²) in [4.78, 5) is 20.7. The number of aldehydes is 1. The van der Waals surface area contributed by atoms with Crippen molar-refractivity contribution in [3.8, 4) is 0 Å².